The van der Waals surface area contributed by atoms with Crippen LogP contribution >= 0.6 is 12.4 Å². The second-order valence-corrected chi connectivity index (χ2v) is 2.87. The van der Waals surface area contributed by atoms with E-state index in [-0.39, 0.29) is 19.2 Å². The van der Waals surface area contributed by atoms with Crippen LogP contribution in [0.15, 0.2) is 18.2 Å². The van der Waals surface area contributed by atoms with Gasteiger partial charge in [-0.05, 0) is 17.7 Å². The summed E-state index contributed by atoms with van der Waals surface area (Å²) < 4.78 is 22.5. The zero-order chi connectivity index (χ0) is 9.26. The van der Waals surface area contributed by atoms with E-state index in [0.29, 0.717) is 11.5 Å². The first-order valence-electron chi connectivity index (χ1n) is 4.02. The second-order valence-electron chi connectivity index (χ2n) is 2.87. The minimum Gasteiger partial charge on any atom is -0.454 e. The van der Waals surface area contributed by atoms with Crippen molar-refractivity contribution in [1.29, 1.82) is 0 Å². The van der Waals surface area contributed by atoms with Crippen molar-refractivity contribution >= 4 is 12.4 Å². The fraction of sp³-hybridized carbons (Fsp3) is 0.333. The van der Waals surface area contributed by atoms with Gasteiger partial charge in [-0.2, -0.15) is 0 Å². The Labute approximate surface area is 87.4 Å². The summed E-state index contributed by atoms with van der Waals surface area (Å²) in [6.07, 6.45) is 0. The summed E-state index contributed by atoms with van der Waals surface area (Å²) >= 11 is 0. The smallest absolute Gasteiger partial charge is 0.231 e. The number of halogens is 2. The maximum absolute atomic E-state index is 12.2. The summed E-state index contributed by atoms with van der Waals surface area (Å²) in [5.74, 6) is 1.33. The van der Waals surface area contributed by atoms with Crippen molar-refractivity contribution in [3.8, 4) is 11.5 Å². The van der Waals surface area contributed by atoms with Crippen LogP contribution in [0.4, 0.5) is 4.39 Å². The van der Waals surface area contributed by atoms with E-state index in [2.05, 4.69) is 0 Å². The number of rotatable bonds is 2. The normalized spacial score (nSPS) is 14.7. The minimum absolute atomic E-state index is 0. The van der Waals surface area contributed by atoms with Crippen LogP contribution in [0.25, 0.3) is 0 Å². The molecule has 78 valence electrons. The molecular formula is C9H11ClFNO2. The summed E-state index contributed by atoms with van der Waals surface area (Å²) in [4.78, 5) is 0. The molecule has 1 aromatic carbocycles. The maximum Gasteiger partial charge on any atom is 0.231 e. The van der Waals surface area contributed by atoms with Crippen molar-refractivity contribution in [2.24, 2.45) is 5.73 Å². The third-order valence-corrected chi connectivity index (χ3v) is 1.99. The molecule has 0 aliphatic carbocycles. The van der Waals surface area contributed by atoms with E-state index >= 15 is 0 Å². The average Bonchev–Trinajstić information content (AvgIpc) is 2.63. The molecule has 2 rings (SSSR count). The first kappa shape index (κ1) is 11.1. The molecule has 0 spiro atoms. The topological polar surface area (TPSA) is 44.5 Å². The van der Waals surface area contributed by atoms with E-state index in [4.69, 9.17) is 15.2 Å². The van der Waals surface area contributed by atoms with E-state index in [1.165, 1.54) is 0 Å². The Balaban J connectivity index is 0.000000980. The molecule has 0 unspecified atom stereocenters. The maximum atomic E-state index is 12.2. The van der Waals surface area contributed by atoms with Gasteiger partial charge in [0.25, 0.3) is 0 Å². The predicted octanol–water partition coefficient (Wildman–Crippen LogP) is 1.81. The Morgan fingerprint density at radius 3 is 2.79 bits per heavy atom. The second kappa shape index (κ2) is 4.48. The van der Waals surface area contributed by atoms with Crippen molar-refractivity contribution in [1.82, 2.24) is 0 Å². The van der Waals surface area contributed by atoms with Gasteiger partial charge in [-0.3, -0.25) is 0 Å². The summed E-state index contributed by atoms with van der Waals surface area (Å²) in [6, 6.07) is 4.63. The first-order chi connectivity index (χ1) is 6.31. The van der Waals surface area contributed by atoms with Gasteiger partial charge in [0, 0.05) is 0 Å². The monoisotopic (exact) mass is 219 g/mol. The zero-order valence-corrected chi connectivity index (χ0v) is 8.22. The molecule has 1 aromatic rings. The first-order valence-corrected chi connectivity index (χ1v) is 4.02. The average molecular weight is 220 g/mol. The number of nitrogens with two attached hydrogens (primary N) is 1. The lowest BCUT2D eigenvalue weighted by molar-refractivity contribution is 0.174. The van der Waals surface area contributed by atoms with Crippen LogP contribution in [0.3, 0.4) is 0 Å². The molecule has 0 fully saturated rings. The Bertz CT molecular complexity index is 322. The van der Waals surface area contributed by atoms with E-state index < -0.39 is 12.7 Å². The van der Waals surface area contributed by atoms with Gasteiger partial charge in [0.2, 0.25) is 6.79 Å². The van der Waals surface area contributed by atoms with Crippen LogP contribution < -0.4 is 15.2 Å². The molecule has 0 radical (unpaired) electrons. The number of hydrogen-bond acceptors (Lipinski definition) is 3. The fourth-order valence-electron chi connectivity index (χ4n) is 1.23. The third kappa shape index (κ3) is 1.91. The quantitative estimate of drug-likeness (QED) is 0.825. The lowest BCUT2D eigenvalue weighted by Crippen LogP contribution is -2.11. The lowest BCUT2D eigenvalue weighted by atomic mass is 10.1. The molecule has 1 atom stereocenters. The molecule has 1 aliphatic heterocycles. The number of fused-ring (bicyclic) bond motifs is 1. The molecule has 0 aromatic heterocycles. The van der Waals surface area contributed by atoms with Crippen molar-refractivity contribution in [3.05, 3.63) is 23.8 Å². The van der Waals surface area contributed by atoms with Gasteiger partial charge in [0.1, 0.15) is 6.67 Å². The summed E-state index contributed by atoms with van der Waals surface area (Å²) in [5.41, 5.74) is 6.25. The highest BCUT2D eigenvalue weighted by atomic mass is 35.5. The van der Waals surface area contributed by atoms with Gasteiger partial charge in [0.15, 0.2) is 11.5 Å². The van der Waals surface area contributed by atoms with Crippen LogP contribution in [0, 0.1) is 0 Å². The van der Waals surface area contributed by atoms with Crippen LogP contribution in [-0.2, 0) is 0 Å². The summed E-state index contributed by atoms with van der Waals surface area (Å²) in [7, 11) is 0. The molecule has 0 saturated heterocycles. The van der Waals surface area contributed by atoms with Crippen molar-refractivity contribution in [2.45, 2.75) is 6.04 Å². The molecule has 14 heavy (non-hydrogen) atoms. The van der Waals surface area contributed by atoms with Gasteiger partial charge >= 0.3 is 0 Å². The molecule has 2 N–H and O–H groups in total. The summed E-state index contributed by atoms with van der Waals surface area (Å²) in [6.45, 7) is -0.344. The van der Waals surface area contributed by atoms with Gasteiger partial charge < -0.3 is 15.2 Å². The lowest BCUT2D eigenvalue weighted by Gasteiger charge is -2.07. The molecule has 5 heteroatoms. The summed E-state index contributed by atoms with van der Waals surface area (Å²) in [5, 5.41) is 0. The van der Waals surface area contributed by atoms with Gasteiger partial charge in [-0.15, -0.1) is 12.4 Å². The third-order valence-electron chi connectivity index (χ3n) is 1.99. The minimum atomic E-state index is -0.575. The van der Waals surface area contributed by atoms with E-state index in [0.717, 1.165) is 5.56 Å². The molecule has 0 bridgehead atoms. The van der Waals surface area contributed by atoms with Crippen molar-refractivity contribution < 1.29 is 13.9 Å². The Morgan fingerprint density at radius 1 is 1.36 bits per heavy atom. The predicted molar refractivity (Wildman–Crippen MR) is 52.7 cm³/mol. The number of benzene rings is 1. The highest BCUT2D eigenvalue weighted by Crippen LogP contribution is 2.33. The molecule has 1 heterocycles. The van der Waals surface area contributed by atoms with Crippen LogP contribution in [0.1, 0.15) is 11.6 Å². The van der Waals surface area contributed by atoms with E-state index in [9.17, 15) is 4.39 Å². The number of hydrogen-bond donors (Lipinski definition) is 1. The van der Waals surface area contributed by atoms with Gasteiger partial charge in [-0.25, -0.2) is 4.39 Å². The Hall–Kier alpha value is -1.00. The molecule has 0 saturated carbocycles. The Kier molecular flexibility index (Phi) is 3.55. The highest BCUT2D eigenvalue weighted by Gasteiger charge is 2.15. The van der Waals surface area contributed by atoms with Gasteiger partial charge in [0.05, 0.1) is 6.04 Å². The number of alkyl halides is 1. The largest absolute Gasteiger partial charge is 0.454 e. The molecule has 0 amide bonds. The highest BCUT2D eigenvalue weighted by molar-refractivity contribution is 5.85. The van der Waals surface area contributed by atoms with E-state index in [1.807, 2.05) is 0 Å². The Morgan fingerprint density at radius 2 is 2.07 bits per heavy atom. The van der Waals surface area contributed by atoms with Crippen LogP contribution in [0.2, 0.25) is 0 Å². The van der Waals surface area contributed by atoms with E-state index in [1.54, 1.807) is 18.2 Å². The SMILES string of the molecule is Cl.N[C@H](CF)c1ccc2c(c1)OCO2. The molecule has 1 aliphatic rings. The van der Waals surface area contributed by atoms with Crippen molar-refractivity contribution in [3.63, 3.8) is 0 Å². The van der Waals surface area contributed by atoms with Gasteiger partial charge in [-0.1, -0.05) is 6.07 Å². The zero-order valence-electron chi connectivity index (χ0n) is 7.40. The number of ether oxygens (including phenoxy) is 2. The van der Waals surface area contributed by atoms with Crippen LogP contribution in [0.5, 0.6) is 11.5 Å². The fourth-order valence-corrected chi connectivity index (χ4v) is 1.23. The van der Waals surface area contributed by atoms with Crippen LogP contribution in [-0.4, -0.2) is 13.5 Å². The molecular weight excluding hydrogens is 209 g/mol. The standard InChI is InChI=1S/C9H10FNO2.ClH/c10-4-7(11)6-1-2-8-9(3-6)13-5-12-8;/h1-3,7H,4-5,11H2;1H/t7-;/m1./s1. The molecule has 3 nitrogen and oxygen atoms in total. The van der Waals surface area contributed by atoms with Crippen molar-refractivity contribution in [2.75, 3.05) is 13.5 Å².